The number of benzene rings is 9. The molecule has 0 aliphatic heterocycles. The zero-order valence-corrected chi connectivity index (χ0v) is 33.3. The van der Waals surface area contributed by atoms with E-state index in [2.05, 4.69) is 213 Å². The number of para-hydroxylation sites is 2. The molecular formula is C57H39NO2. The molecule has 0 saturated heterocycles. The molecule has 60 heavy (non-hydrogen) atoms. The molecular weight excluding hydrogens is 731 g/mol. The van der Waals surface area contributed by atoms with Gasteiger partial charge in [0, 0.05) is 55.5 Å². The standard InChI is InChI=1S/C57H39NO2/c1-57(2)48-26-14-11-23-42(48)43-31-29-38(33-49(43)57)58(50-27-15-12-22-41(50)37-19-7-4-8-20-37)39-30-32-44-47-35-53-54(46-25-13-16-28-51(46)59-53)55(56(47)60-52(44)34-39)45-24-10-9-21-40(45)36-17-5-3-6-18-36/h3-35H,1-2H3. The maximum Gasteiger partial charge on any atom is 0.144 e. The van der Waals surface area contributed by atoms with Crippen molar-refractivity contribution < 1.29 is 8.83 Å². The summed E-state index contributed by atoms with van der Waals surface area (Å²) >= 11 is 0. The van der Waals surface area contributed by atoms with Crippen molar-refractivity contribution in [2.75, 3.05) is 4.90 Å². The third-order valence-electron chi connectivity index (χ3n) is 12.7. The first-order chi connectivity index (χ1) is 29.5. The zero-order chi connectivity index (χ0) is 40.0. The lowest BCUT2D eigenvalue weighted by molar-refractivity contribution is 0.660. The Labute approximate surface area is 348 Å². The molecule has 0 radical (unpaired) electrons. The molecule has 0 atom stereocenters. The molecule has 0 fully saturated rings. The Morgan fingerprint density at radius 3 is 1.78 bits per heavy atom. The van der Waals surface area contributed by atoms with Crippen LogP contribution >= 0.6 is 0 Å². The van der Waals surface area contributed by atoms with Gasteiger partial charge in [0.1, 0.15) is 22.3 Å². The minimum absolute atomic E-state index is 0.150. The van der Waals surface area contributed by atoms with Crippen LogP contribution in [0.25, 0.3) is 88.4 Å². The van der Waals surface area contributed by atoms with Crippen LogP contribution in [0.3, 0.4) is 0 Å². The van der Waals surface area contributed by atoms with Crippen molar-refractivity contribution in [2.24, 2.45) is 0 Å². The molecule has 12 rings (SSSR count). The third-order valence-corrected chi connectivity index (χ3v) is 12.7. The van der Waals surface area contributed by atoms with E-state index in [1.807, 2.05) is 6.07 Å². The highest BCUT2D eigenvalue weighted by molar-refractivity contribution is 6.24. The first kappa shape index (κ1) is 34.4. The van der Waals surface area contributed by atoms with Gasteiger partial charge in [-0.05, 0) is 87.0 Å². The second-order valence-corrected chi connectivity index (χ2v) is 16.4. The third kappa shape index (κ3) is 5.15. The molecule has 2 aromatic heterocycles. The van der Waals surface area contributed by atoms with E-state index in [1.165, 1.54) is 22.3 Å². The van der Waals surface area contributed by atoms with Crippen molar-refractivity contribution in [1.29, 1.82) is 0 Å². The number of hydrogen-bond acceptors (Lipinski definition) is 3. The van der Waals surface area contributed by atoms with E-state index >= 15 is 0 Å². The fraction of sp³-hybridized carbons (Fsp3) is 0.0526. The molecule has 3 nitrogen and oxygen atoms in total. The summed E-state index contributed by atoms with van der Waals surface area (Å²) in [4.78, 5) is 2.40. The number of fused-ring (bicyclic) bond motifs is 9. The summed E-state index contributed by atoms with van der Waals surface area (Å²) in [5.74, 6) is 0. The van der Waals surface area contributed by atoms with Crippen LogP contribution in [0, 0.1) is 0 Å². The first-order valence-electron chi connectivity index (χ1n) is 20.7. The highest BCUT2D eigenvalue weighted by Gasteiger charge is 2.36. The van der Waals surface area contributed by atoms with E-state index in [4.69, 9.17) is 8.83 Å². The number of furan rings is 2. The van der Waals surface area contributed by atoms with Gasteiger partial charge in [0.25, 0.3) is 0 Å². The Bertz CT molecular complexity index is 3460. The van der Waals surface area contributed by atoms with Crippen LogP contribution in [0.4, 0.5) is 17.1 Å². The molecule has 0 saturated carbocycles. The quantitative estimate of drug-likeness (QED) is 0.169. The Balaban J connectivity index is 1.12. The summed E-state index contributed by atoms with van der Waals surface area (Å²) < 4.78 is 13.9. The Kier molecular flexibility index (Phi) is 7.58. The summed E-state index contributed by atoms with van der Waals surface area (Å²) in [6, 6.07) is 71.7. The predicted octanol–water partition coefficient (Wildman–Crippen LogP) is 16.3. The molecule has 0 spiro atoms. The maximum absolute atomic E-state index is 7.21. The average molecular weight is 770 g/mol. The van der Waals surface area contributed by atoms with Crippen molar-refractivity contribution in [1.82, 2.24) is 0 Å². The van der Waals surface area contributed by atoms with Gasteiger partial charge >= 0.3 is 0 Å². The fourth-order valence-electron chi connectivity index (χ4n) is 9.86. The number of hydrogen-bond donors (Lipinski definition) is 0. The normalized spacial score (nSPS) is 13.0. The van der Waals surface area contributed by atoms with E-state index in [-0.39, 0.29) is 5.41 Å². The van der Waals surface area contributed by atoms with E-state index in [1.54, 1.807) is 0 Å². The molecule has 9 aromatic carbocycles. The van der Waals surface area contributed by atoms with Crippen LogP contribution in [-0.4, -0.2) is 0 Å². The van der Waals surface area contributed by atoms with Crippen molar-refractivity contribution in [3.05, 3.63) is 211 Å². The van der Waals surface area contributed by atoms with Crippen molar-refractivity contribution >= 4 is 60.9 Å². The highest BCUT2D eigenvalue weighted by atomic mass is 16.3. The molecule has 0 N–H and O–H groups in total. The summed E-state index contributed by atoms with van der Waals surface area (Å²) in [5.41, 5.74) is 18.4. The van der Waals surface area contributed by atoms with Crippen LogP contribution in [0.1, 0.15) is 25.0 Å². The number of anilines is 3. The van der Waals surface area contributed by atoms with Gasteiger partial charge in [-0.25, -0.2) is 0 Å². The van der Waals surface area contributed by atoms with E-state index in [0.29, 0.717) is 0 Å². The lowest BCUT2D eigenvalue weighted by atomic mass is 9.82. The van der Waals surface area contributed by atoms with Gasteiger partial charge in [0.15, 0.2) is 0 Å². The van der Waals surface area contributed by atoms with Crippen LogP contribution in [-0.2, 0) is 5.41 Å². The fourth-order valence-corrected chi connectivity index (χ4v) is 9.86. The van der Waals surface area contributed by atoms with Gasteiger partial charge in [-0.2, -0.15) is 0 Å². The van der Waals surface area contributed by atoms with E-state index in [0.717, 1.165) is 94.3 Å². The Hall–Kier alpha value is -7.62. The Morgan fingerprint density at radius 1 is 0.383 bits per heavy atom. The van der Waals surface area contributed by atoms with Crippen molar-refractivity contribution in [3.8, 4) is 44.5 Å². The lowest BCUT2D eigenvalue weighted by Crippen LogP contribution is -2.16. The molecule has 2 heterocycles. The minimum atomic E-state index is -0.150. The second-order valence-electron chi connectivity index (χ2n) is 16.4. The van der Waals surface area contributed by atoms with Gasteiger partial charge < -0.3 is 13.7 Å². The van der Waals surface area contributed by atoms with Crippen molar-refractivity contribution in [2.45, 2.75) is 19.3 Å². The first-order valence-corrected chi connectivity index (χ1v) is 20.7. The second kappa shape index (κ2) is 13.2. The highest BCUT2D eigenvalue weighted by Crippen LogP contribution is 2.52. The predicted molar refractivity (Wildman–Crippen MR) is 250 cm³/mol. The van der Waals surface area contributed by atoms with Gasteiger partial charge in [-0.15, -0.1) is 0 Å². The summed E-state index contributed by atoms with van der Waals surface area (Å²) in [6.45, 7) is 4.69. The summed E-state index contributed by atoms with van der Waals surface area (Å²) in [7, 11) is 0. The van der Waals surface area contributed by atoms with Crippen LogP contribution in [0.2, 0.25) is 0 Å². The molecule has 0 unspecified atom stereocenters. The SMILES string of the molecule is CC1(C)c2ccccc2-c2ccc(N(c3ccc4c(c3)oc3c(-c5ccccc5-c5ccccc5)c5c(cc34)oc3ccccc35)c3ccccc3-c3ccccc3)cc21. The summed E-state index contributed by atoms with van der Waals surface area (Å²) in [6.07, 6.45) is 0. The van der Waals surface area contributed by atoms with Crippen LogP contribution < -0.4 is 4.90 Å². The van der Waals surface area contributed by atoms with E-state index < -0.39 is 0 Å². The van der Waals surface area contributed by atoms with Gasteiger partial charge in [-0.3, -0.25) is 0 Å². The lowest BCUT2D eigenvalue weighted by Gasteiger charge is -2.29. The van der Waals surface area contributed by atoms with Crippen LogP contribution in [0.15, 0.2) is 209 Å². The minimum Gasteiger partial charge on any atom is -0.456 e. The maximum atomic E-state index is 7.21. The van der Waals surface area contributed by atoms with Gasteiger partial charge in [0.2, 0.25) is 0 Å². The molecule has 11 aromatic rings. The average Bonchev–Trinajstić information content (AvgIpc) is 3.93. The summed E-state index contributed by atoms with van der Waals surface area (Å²) in [5, 5.41) is 4.19. The van der Waals surface area contributed by atoms with Crippen LogP contribution in [0.5, 0.6) is 0 Å². The van der Waals surface area contributed by atoms with Crippen molar-refractivity contribution in [3.63, 3.8) is 0 Å². The molecule has 1 aliphatic carbocycles. The van der Waals surface area contributed by atoms with Gasteiger partial charge in [0.05, 0.1) is 5.69 Å². The molecule has 1 aliphatic rings. The topological polar surface area (TPSA) is 29.5 Å². The largest absolute Gasteiger partial charge is 0.456 e. The van der Waals surface area contributed by atoms with Gasteiger partial charge in [-0.1, -0.05) is 166 Å². The molecule has 0 bridgehead atoms. The Morgan fingerprint density at radius 2 is 0.983 bits per heavy atom. The molecule has 3 heteroatoms. The number of nitrogens with zero attached hydrogens (tertiary/aromatic N) is 1. The van der Waals surface area contributed by atoms with E-state index in [9.17, 15) is 0 Å². The zero-order valence-electron chi connectivity index (χ0n) is 33.3. The number of rotatable bonds is 6. The monoisotopic (exact) mass is 769 g/mol. The molecule has 0 amide bonds. The smallest absolute Gasteiger partial charge is 0.144 e. The molecule has 284 valence electrons.